The van der Waals surface area contributed by atoms with Crippen molar-refractivity contribution in [1.29, 1.82) is 0 Å². The maximum Gasteiger partial charge on any atom is 0.306 e. The molecule has 1 aromatic carbocycles. The van der Waals surface area contributed by atoms with E-state index in [1.54, 1.807) is 19.1 Å². The molecular formula is C12H11FN2O2. The predicted octanol–water partition coefficient (Wildman–Crippen LogP) is 2.03. The van der Waals surface area contributed by atoms with E-state index in [1.807, 2.05) is 0 Å². The first-order valence-electron chi connectivity index (χ1n) is 5.21. The van der Waals surface area contributed by atoms with Gasteiger partial charge in [0, 0.05) is 18.0 Å². The number of carbonyl (C=O) groups is 1. The Kier molecular flexibility index (Phi) is 2.99. The van der Waals surface area contributed by atoms with Gasteiger partial charge in [-0.25, -0.2) is 14.4 Å². The number of carboxylic acid groups (broad SMARTS) is 1. The van der Waals surface area contributed by atoms with Gasteiger partial charge in [-0.3, -0.25) is 4.79 Å². The van der Waals surface area contributed by atoms with Gasteiger partial charge in [0.15, 0.2) is 0 Å². The van der Waals surface area contributed by atoms with E-state index in [4.69, 9.17) is 5.11 Å². The number of para-hydroxylation sites is 1. The molecule has 0 aliphatic heterocycles. The molecule has 2 rings (SSSR count). The molecule has 1 unspecified atom stereocenters. The predicted molar refractivity (Wildman–Crippen MR) is 60.0 cm³/mol. The van der Waals surface area contributed by atoms with Crippen molar-refractivity contribution in [1.82, 2.24) is 9.97 Å². The van der Waals surface area contributed by atoms with Crippen LogP contribution >= 0.6 is 0 Å². The van der Waals surface area contributed by atoms with E-state index in [-0.39, 0.29) is 11.9 Å². The van der Waals surface area contributed by atoms with Crippen LogP contribution in [0.1, 0.15) is 12.7 Å². The van der Waals surface area contributed by atoms with Gasteiger partial charge in [-0.2, -0.15) is 0 Å². The molecule has 0 bridgehead atoms. The van der Waals surface area contributed by atoms with E-state index in [0.29, 0.717) is 11.2 Å². The SMILES string of the molecule is CC(Cc1ncc2cccc(F)c2n1)C(=O)O. The molecule has 0 spiro atoms. The van der Waals surface area contributed by atoms with Gasteiger partial charge in [0.05, 0.1) is 5.92 Å². The molecule has 0 aliphatic rings. The molecule has 88 valence electrons. The molecule has 0 radical (unpaired) electrons. The molecule has 1 atom stereocenters. The average Bonchev–Trinajstić information content (AvgIpc) is 2.30. The number of aliphatic carboxylic acids is 1. The van der Waals surface area contributed by atoms with Gasteiger partial charge in [-0.05, 0) is 6.07 Å². The summed E-state index contributed by atoms with van der Waals surface area (Å²) in [6, 6.07) is 4.61. The van der Waals surface area contributed by atoms with Crippen molar-refractivity contribution < 1.29 is 14.3 Å². The second kappa shape index (κ2) is 4.45. The summed E-state index contributed by atoms with van der Waals surface area (Å²) in [5.74, 6) is -1.58. The Morgan fingerprint density at radius 1 is 1.53 bits per heavy atom. The summed E-state index contributed by atoms with van der Waals surface area (Å²) in [5.41, 5.74) is 0.232. The topological polar surface area (TPSA) is 63.1 Å². The molecule has 0 saturated carbocycles. The van der Waals surface area contributed by atoms with E-state index in [1.165, 1.54) is 12.3 Å². The minimum absolute atomic E-state index is 0.194. The molecule has 4 nitrogen and oxygen atoms in total. The summed E-state index contributed by atoms with van der Waals surface area (Å²) in [5, 5.41) is 9.39. The molecule has 1 N–H and O–H groups in total. The highest BCUT2D eigenvalue weighted by Gasteiger charge is 2.14. The van der Waals surface area contributed by atoms with Gasteiger partial charge in [0.1, 0.15) is 17.2 Å². The largest absolute Gasteiger partial charge is 0.481 e. The molecule has 5 heteroatoms. The number of aromatic nitrogens is 2. The summed E-state index contributed by atoms with van der Waals surface area (Å²) < 4.78 is 13.5. The van der Waals surface area contributed by atoms with Gasteiger partial charge < -0.3 is 5.11 Å². The maximum absolute atomic E-state index is 13.5. The van der Waals surface area contributed by atoms with E-state index in [2.05, 4.69) is 9.97 Å². The number of rotatable bonds is 3. The molecule has 1 heterocycles. The maximum atomic E-state index is 13.5. The minimum Gasteiger partial charge on any atom is -0.481 e. The van der Waals surface area contributed by atoms with Crippen molar-refractivity contribution in [3.63, 3.8) is 0 Å². The molecule has 1 aromatic heterocycles. The monoisotopic (exact) mass is 234 g/mol. The summed E-state index contributed by atoms with van der Waals surface area (Å²) in [6.45, 7) is 1.57. The Hall–Kier alpha value is -2.04. The Bertz CT molecular complexity index is 571. The van der Waals surface area contributed by atoms with Crippen LogP contribution in [0, 0.1) is 11.7 Å². The first kappa shape index (κ1) is 11.4. The molecule has 0 fully saturated rings. The number of carboxylic acids is 1. The van der Waals surface area contributed by atoms with Gasteiger partial charge in [0.2, 0.25) is 0 Å². The number of hydrogen-bond donors (Lipinski definition) is 1. The van der Waals surface area contributed by atoms with Gasteiger partial charge in [-0.15, -0.1) is 0 Å². The van der Waals surface area contributed by atoms with Crippen molar-refractivity contribution in [2.45, 2.75) is 13.3 Å². The van der Waals surface area contributed by atoms with Gasteiger partial charge in [-0.1, -0.05) is 19.1 Å². The summed E-state index contributed by atoms with van der Waals surface area (Å²) in [4.78, 5) is 18.8. The van der Waals surface area contributed by atoms with Gasteiger partial charge in [0.25, 0.3) is 0 Å². The van der Waals surface area contributed by atoms with Crippen LogP contribution in [0.2, 0.25) is 0 Å². The molecule has 2 aromatic rings. The number of hydrogen-bond acceptors (Lipinski definition) is 3. The average molecular weight is 234 g/mol. The quantitative estimate of drug-likeness (QED) is 0.882. The highest BCUT2D eigenvalue weighted by Crippen LogP contribution is 2.15. The zero-order valence-electron chi connectivity index (χ0n) is 9.22. The first-order valence-corrected chi connectivity index (χ1v) is 5.21. The standard InChI is InChI=1S/C12H11FN2O2/c1-7(12(16)17)5-10-14-6-8-3-2-4-9(13)11(8)15-10/h2-4,6-7H,5H2,1H3,(H,16,17). The van der Waals surface area contributed by atoms with Crippen LogP contribution in [0.4, 0.5) is 4.39 Å². The highest BCUT2D eigenvalue weighted by atomic mass is 19.1. The lowest BCUT2D eigenvalue weighted by molar-refractivity contribution is -0.141. The molecule has 0 aliphatic carbocycles. The smallest absolute Gasteiger partial charge is 0.306 e. The second-order valence-corrected chi connectivity index (χ2v) is 3.91. The van der Waals surface area contributed by atoms with Crippen molar-refractivity contribution in [3.05, 3.63) is 36.0 Å². The molecule has 0 saturated heterocycles. The van der Waals surface area contributed by atoms with Crippen LogP contribution in [-0.4, -0.2) is 21.0 Å². The Balaban J connectivity index is 2.37. The lowest BCUT2D eigenvalue weighted by Gasteiger charge is -2.05. The fourth-order valence-corrected chi connectivity index (χ4v) is 1.52. The lowest BCUT2D eigenvalue weighted by Crippen LogP contribution is -2.14. The van der Waals surface area contributed by atoms with E-state index >= 15 is 0 Å². The normalized spacial score (nSPS) is 12.6. The van der Waals surface area contributed by atoms with Crippen LogP contribution in [0.5, 0.6) is 0 Å². The third-order valence-electron chi connectivity index (χ3n) is 2.52. The van der Waals surface area contributed by atoms with Crippen molar-refractivity contribution in [3.8, 4) is 0 Å². The van der Waals surface area contributed by atoms with Crippen LogP contribution in [0.15, 0.2) is 24.4 Å². The zero-order valence-corrected chi connectivity index (χ0v) is 9.22. The van der Waals surface area contributed by atoms with Crippen LogP contribution in [-0.2, 0) is 11.2 Å². The van der Waals surface area contributed by atoms with Crippen LogP contribution in [0.25, 0.3) is 10.9 Å². The third-order valence-corrected chi connectivity index (χ3v) is 2.52. The fraction of sp³-hybridized carbons (Fsp3) is 0.250. The fourth-order valence-electron chi connectivity index (χ4n) is 1.52. The Morgan fingerprint density at radius 3 is 3.00 bits per heavy atom. The lowest BCUT2D eigenvalue weighted by atomic mass is 10.1. The molecule has 17 heavy (non-hydrogen) atoms. The Morgan fingerprint density at radius 2 is 2.29 bits per heavy atom. The third kappa shape index (κ3) is 2.38. The number of fused-ring (bicyclic) bond motifs is 1. The van der Waals surface area contributed by atoms with Crippen molar-refractivity contribution >= 4 is 16.9 Å². The number of nitrogens with zero attached hydrogens (tertiary/aromatic N) is 2. The van der Waals surface area contributed by atoms with Crippen molar-refractivity contribution in [2.24, 2.45) is 5.92 Å². The summed E-state index contributed by atoms with van der Waals surface area (Å²) in [7, 11) is 0. The Labute approximate surface area is 97.1 Å². The van der Waals surface area contributed by atoms with Crippen LogP contribution in [0.3, 0.4) is 0 Å². The van der Waals surface area contributed by atoms with Gasteiger partial charge >= 0.3 is 5.97 Å². The van der Waals surface area contributed by atoms with E-state index < -0.39 is 17.7 Å². The van der Waals surface area contributed by atoms with Crippen molar-refractivity contribution in [2.75, 3.05) is 0 Å². The van der Waals surface area contributed by atoms with E-state index in [0.717, 1.165) is 0 Å². The minimum atomic E-state index is -0.915. The number of halogens is 1. The second-order valence-electron chi connectivity index (χ2n) is 3.91. The zero-order chi connectivity index (χ0) is 12.4. The first-order chi connectivity index (χ1) is 8.08. The summed E-state index contributed by atoms with van der Waals surface area (Å²) >= 11 is 0. The molecule has 0 amide bonds. The van der Waals surface area contributed by atoms with E-state index in [9.17, 15) is 9.18 Å². The molecular weight excluding hydrogens is 223 g/mol. The van der Waals surface area contributed by atoms with Crippen LogP contribution < -0.4 is 0 Å². The number of benzene rings is 1. The summed E-state index contributed by atoms with van der Waals surface area (Å²) in [6.07, 6.45) is 1.70. The highest BCUT2D eigenvalue weighted by molar-refractivity contribution is 5.78.